The summed E-state index contributed by atoms with van der Waals surface area (Å²) in [6, 6.07) is 6.12. The Balaban J connectivity index is 2.44. The average Bonchev–Trinajstić information content (AvgIpc) is 2.79. The molecule has 0 bridgehead atoms. The van der Waals surface area contributed by atoms with Crippen LogP contribution in [0.1, 0.15) is 23.2 Å². The molecule has 74 valence electrons. The molecule has 0 saturated carbocycles. The highest BCUT2D eigenvalue weighted by atomic mass is 15.3. The highest BCUT2D eigenvalue weighted by Crippen LogP contribution is 2.26. The molecule has 3 rings (SSSR count). The van der Waals surface area contributed by atoms with Crippen molar-refractivity contribution in [1.82, 2.24) is 9.61 Å². The average molecular weight is 198 g/mol. The summed E-state index contributed by atoms with van der Waals surface area (Å²) in [5.41, 5.74) is 9.56. The van der Waals surface area contributed by atoms with Gasteiger partial charge in [-0.25, -0.2) is 4.52 Å². The molecule has 0 saturated heterocycles. The zero-order chi connectivity index (χ0) is 10.4. The smallest absolute Gasteiger partial charge is 0.164 e. The van der Waals surface area contributed by atoms with Crippen molar-refractivity contribution in [2.75, 3.05) is 5.73 Å². The summed E-state index contributed by atoms with van der Waals surface area (Å²) in [5, 5.41) is 13.2. The molecule has 2 N–H and O–H groups in total. The van der Waals surface area contributed by atoms with Crippen molar-refractivity contribution in [1.29, 1.82) is 5.26 Å². The fraction of sp³-hybridized carbons (Fsp3) is 0.273. The van der Waals surface area contributed by atoms with Crippen LogP contribution in [0.2, 0.25) is 0 Å². The second-order valence-electron chi connectivity index (χ2n) is 3.83. The molecule has 1 aliphatic rings. The molecular weight excluding hydrogens is 188 g/mol. The number of aromatic nitrogens is 2. The number of nitrogens with two attached hydrogens (primary N) is 1. The normalized spacial score (nSPS) is 14.1. The molecule has 0 atom stereocenters. The van der Waals surface area contributed by atoms with E-state index in [1.165, 1.54) is 11.3 Å². The zero-order valence-electron chi connectivity index (χ0n) is 8.20. The molecule has 0 unspecified atom stereocenters. The number of nitrogens with zero attached hydrogens (tertiary/aromatic N) is 3. The highest BCUT2D eigenvalue weighted by Gasteiger charge is 2.18. The van der Waals surface area contributed by atoms with Crippen LogP contribution >= 0.6 is 0 Å². The summed E-state index contributed by atoms with van der Waals surface area (Å²) in [7, 11) is 0. The van der Waals surface area contributed by atoms with E-state index >= 15 is 0 Å². The largest absolute Gasteiger partial charge is 0.381 e. The Kier molecular flexibility index (Phi) is 1.51. The number of nitriles is 1. The molecule has 15 heavy (non-hydrogen) atoms. The van der Waals surface area contributed by atoms with Gasteiger partial charge in [-0.05, 0) is 30.9 Å². The van der Waals surface area contributed by atoms with Crippen LogP contribution in [0.4, 0.5) is 5.82 Å². The molecule has 2 heterocycles. The van der Waals surface area contributed by atoms with Crippen molar-refractivity contribution in [3.05, 3.63) is 29.0 Å². The summed E-state index contributed by atoms with van der Waals surface area (Å²) < 4.78 is 1.83. The Hall–Kier alpha value is -2.02. The molecule has 2 aromatic heterocycles. The van der Waals surface area contributed by atoms with Gasteiger partial charge in [0.25, 0.3) is 0 Å². The lowest BCUT2D eigenvalue weighted by molar-refractivity contribution is 0.846. The topological polar surface area (TPSA) is 67.1 Å². The molecule has 4 nitrogen and oxygen atoms in total. The van der Waals surface area contributed by atoms with Gasteiger partial charge in [-0.2, -0.15) is 5.26 Å². The predicted molar refractivity (Wildman–Crippen MR) is 56.3 cm³/mol. The number of hydrogen-bond donors (Lipinski definition) is 1. The van der Waals surface area contributed by atoms with Gasteiger partial charge in [-0.1, -0.05) is 6.07 Å². The molecule has 4 heteroatoms. The number of anilines is 1. The summed E-state index contributed by atoms with van der Waals surface area (Å²) >= 11 is 0. The summed E-state index contributed by atoms with van der Waals surface area (Å²) in [6.07, 6.45) is 3.29. The summed E-state index contributed by atoms with van der Waals surface area (Å²) in [4.78, 5) is 0. The van der Waals surface area contributed by atoms with E-state index in [2.05, 4.69) is 17.2 Å². The Morgan fingerprint density at radius 3 is 3.07 bits per heavy atom. The minimum absolute atomic E-state index is 0.331. The van der Waals surface area contributed by atoms with Crippen molar-refractivity contribution in [2.24, 2.45) is 0 Å². The lowest BCUT2D eigenvalue weighted by Crippen LogP contribution is -1.97. The van der Waals surface area contributed by atoms with E-state index in [0.717, 1.165) is 24.8 Å². The standard InChI is InChI=1S/C11H10N4/c12-6-8-10-5-4-7-2-1-3-9(7)15(10)14-11(8)13/h4-5H,1-3H2,(H2,13,14). The van der Waals surface area contributed by atoms with E-state index in [1.807, 2.05) is 10.6 Å². The van der Waals surface area contributed by atoms with E-state index in [0.29, 0.717) is 11.4 Å². The maximum Gasteiger partial charge on any atom is 0.164 e. The maximum atomic E-state index is 8.97. The molecule has 0 spiro atoms. The number of hydrogen-bond acceptors (Lipinski definition) is 3. The number of pyridine rings is 1. The summed E-state index contributed by atoms with van der Waals surface area (Å²) in [6.45, 7) is 0. The third-order valence-electron chi connectivity index (χ3n) is 2.99. The van der Waals surface area contributed by atoms with Crippen LogP contribution in [0.5, 0.6) is 0 Å². The van der Waals surface area contributed by atoms with E-state index in [-0.39, 0.29) is 0 Å². The lowest BCUT2D eigenvalue weighted by atomic mass is 10.2. The van der Waals surface area contributed by atoms with Crippen LogP contribution in [0.3, 0.4) is 0 Å². The molecule has 2 aromatic rings. The van der Waals surface area contributed by atoms with E-state index in [4.69, 9.17) is 11.0 Å². The second-order valence-corrected chi connectivity index (χ2v) is 3.83. The predicted octanol–water partition coefficient (Wildman–Crippen LogP) is 1.28. The van der Waals surface area contributed by atoms with Crippen LogP contribution in [-0.4, -0.2) is 9.61 Å². The van der Waals surface area contributed by atoms with Gasteiger partial charge in [-0.15, -0.1) is 5.10 Å². The first kappa shape index (κ1) is 8.30. The van der Waals surface area contributed by atoms with Crippen LogP contribution in [0.15, 0.2) is 12.1 Å². The first-order chi connectivity index (χ1) is 7.31. The lowest BCUT2D eigenvalue weighted by Gasteiger charge is -2.01. The van der Waals surface area contributed by atoms with Crippen molar-refractivity contribution >= 4 is 11.3 Å². The SMILES string of the molecule is N#Cc1c(N)nn2c3c(ccc12)CCC3. The minimum atomic E-state index is 0.331. The molecular formula is C11H10N4. The van der Waals surface area contributed by atoms with E-state index in [1.54, 1.807) is 0 Å². The molecule has 1 aliphatic carbocycles. The second kappa shape index (κ2) is 2.74. The third kappa shape index (κ3) is 0.975. The van der Waals surface area contributed by atoms with E-state index < -0.39 is 0 Å². The van der Waals surface area contributed by atoms with Gasteiger partial charge in [0, 0.05) is 5.69 Å². The Morgan fingerprint density at radius 2 is 2.27 bits per heavy atom. The van der Waals surface area contributed by atoms with Gasteiger partial charge in [0.05, 0.1) is 5.52 Å². The maximum absolute atomic E-state index is 8.97. The van der Waals surface area contributed by atoms with Crippen molar-refractivity contribution in [3.63, 3.8) is 0 Å². The van der Waals surface area contributed by atoms with Crippen LogP contribution in [0, 0.1) is 11.3 Å². The van der Waals surface area contributed by atoms with Gasteiger partial charge < -0.3 is 5.73 Å². The quantitative estimate of drug-likeness (QED) is 0.693. The van der Waals surface area contributed by atoms with Crippen molar-refractivity contribution < 1.29 is 0 Å². The molecule has 0 aliphatic heterocycles. The first-order valence-electron chi connectivity index (χ1n) is 5.00. The number of rotatable bonds is 0. The molecule has 0 aromatic carbocycles. The van der Waals surface area contributed by atoms with Crippen LogP contribution in [-0.2, 0) is 12.8 Å². The van der Waals surface area contributed by atoms with Crippen molar-refractivity contribution in [3.8, 4) is 6.07 Å². The van der Waals surface area contributed by atoms with Crippen molar-refractivity contribution in [2.45, 2.75) is 19.3 Å². The van der Waals surface area contributed by atoms with Gasteiger partial charge in [-0.3, -0.25) is 0 Å². The van der Waals surface area contributed by atoms with Crippen LogP contribution in [0.25, 0.3) is 5.52 Å². The van der Waals surface area contributed by atoms with Gasteiger partial charge in [0.1, 0.15) is 11.6 Å². The first-order valence-corrected chi connectivity index (χ1v) is 5.00. The van der Waals surface area contributed by atoms with Gasteiger partial charge >= 0.3 is 0 Å². The Bertz CT molecular complexity index is 589. The summed E-state index contributed by atoms with van der Waals surface area (Å²) in [5.74, 6) is 0.331. The number of nitrogen functional groups attached to an aromatic ring is 1. The van der Waals surface area contributed by atoms with E-state index in [9.17, 15) is 0 Å². The number of fused-ring (bicyclic) bond motifs is 3. The molecule has 0 radical (unpaired) electrons. The monoisotopic (exact) mass is 198 g/mol. The minimum Gasteiger partial charge on any atom is -0.381 e. The Morgan fingerprint density at radius 1 is 1.40 bits per heavy atom. The third-order valence-corrected chi connectivity index (χ3v) is 2.99. The van der Waals surface area contributed by atoms with Gasteiger partial charge in [0.2, 0.25) is 0 Å². The fourth-order valence-corrected chi connectivity index (χ4v) is 2.28. The number of aryl methyl sites for hydroxylation is 2. The zero-order valence-corrected chi connectivity index (χ0v) is 8.20. The highest BCUT2D eigenvalue weighted by molar-refractivity contribution is 5.70. The van der Waals surface area contributed by atoms with Crippen LogP contribution < -0.4 is 5.73 Å². The Labute approximate surface area is 86.9 Å². The van der Waals surface area contributed by atoms with Gasteiger partial charge in [0.15, 0.2) is 5.82 Å². The molecule has 0 fully saturated rings. The fourth-order valence-electron chi connectivity index (χ4n) is 2.28. The molecule has 0 amide bonds.